The van der Waals surface area contributed by atoms with Crippen molar-refractivity contribution in [2.45, 2.75) is 19.5 Å². The zero-order chi connectivity index (χ0) is 13.0. The van der Waals surface area contributed by atoms with Gasteiger partial charge in [-0.25, -0.2) is 0 Å². The minimum atomic E-state index is -0.394. The number of pyridine rings is 1. The van der Waals surface area contributed by atoms with Crippen molar-refractivity contribution >= 4 is 21.8 Å². The first-order chi connectivity index (χ1) is 9.24. The van der Waals surface area contributed by atoms with Crippen LogP contribution in [0, 0.1) is 0 Å². The Bertz CT molecular complexity index is 827. The van der Waals surface area contributed by atoms with Crippen molar-refractivity contribution in [3.8, 4) is 0 Å². The molecule has 5 nitrogen and oxygen atoms in total. The van der Waals surface area contributed by atoms with Crippen molar-refractivity contribution in [2.75, 3.05) is 0 Å². The lowest BCUT2D eigenvalue weighted by Crippen LogP contribution is -2.31. The minimum absolute atomic E-state index is 0.132. The Morgan fingerprint density at radius 1 is 1.21 bits per heavy atom. The van der Waals surface area contributed by atoms with Gasteiger partial charge >= 0.3 is 0 Å². The van der Waals surface area contributed by atoms with Gasteiger partial charge in [0.25, 0.3) is 5.56 Å². The van der Waals surface area contributed by atoms with E-state index >= 15 is 0 Å². The summed E-state index contributed by atoms with van der Waals surface area (Å²) in [5.41, 5.74) is 2.11. The summed E-state index contributed by atoms with van der Waals surface area (Å²) in [4.78, 5) is 17.9. The molecule has 0 radical (unpaired) electrons. The maximum absolute atomic E-state index is 12.0. The SMILES string of the molecule is CC1OC(c2c[nH]c3c(=O)[nH]c4ccccc4c23)O1. The minimum Gasteiger partial charge on any atom is -0.356 e. The molecule has 1 saturated heterocycles. The molecule has 0 saturated carbocycles. The second-order valence-electron chi connectivity index (χ2n) is 4.67. The molecule has 96 valence electrons. The molecule has 0 aliphatic carbocycles. The van der Waals surface area contributed by atoms with Crippen LogP contribution in [0.1, 0.15) is 18.8 Å². The zero-order valence-corrected chi connectivity index (χ0v) is 10.3. The number of hydrogen-bond acceptors (Lipinski definition) is 3. The number of aromatic amines is 2. The first-order valence-electron chi connectivity index (χ1n) is 6.17. The number of ether oxygens (including phenoxy) is 2. The number of hydrogen-bond donors (Lipinski definition) is 2. The molecule has 3 heterocycles. The van der Waals surface area contributed by atoms with Gasteiger partial charge in [-0.2, -0.15) is 0 Å². The third-order valence-corrected chi connectivity index (χ3v) is 3.47. The molecule has 19 heavy (non-hydrogen) atoms. The van der Waals surface area contributed by atoms with Crippen LogP contribution in [-0.2, 0) is 9.47 Å². The molecule has 0 amide bonds. The molecule has 0 atom stereocenters. The largest absolute Gasteiger partial charge is 0.356 e. The Morgan fingerprint density at radius 3 is 2.79 bits per heavy atom. The Morgan fingerprint density at radius 2 is 2.00 bits per heavy atom. The Balaban J connectivity index is 2.08. The fourth-order valence-corrected chi connectivity index (χ4v) is 2.59. The van der Waals surface area contributed by atoms with Crippen molar-refractivity contribution in [3.05, 3.63) is 46.4 Å². The fraction of sp³-hybridized carbons (Fsp3) is 0.214. The van der Waals surface area contributed by atoms with Gasteiger partial charge < -0.3 is 19.4 Å². The van der Waals surface area contributed by atoms with Crippen LogP contribution in [-0.4, -0.2) is 16.3 Å². The van der Waals surface area contributed by atoms with Crippen molar-refractivity contribution in [1.82, 2.24) is 9.97 Å². The van der Waals surface area contributed by atoms with Gasteiger partial charge in [0.1, 0.15) is 5.52 Å². The summed E-state index contributed by atoms with van der Waals surface area (Å²) in [5.74, 6) is 0. The lowest BCUT2D eigenvalue weighted by molar-refractivity contribution is -0.382. The standard InChI is InChI=1S/C14H12N2O3/c1-7-18-14(19-7)9-6-15-12-11(9)8-4-2-3-5-10(8)16-13(12)17/h2-7,14-15H,1H3,(H,16,17). The Hall–Kier alpha value is -2.11. The van der Waals surface area contributed by atoms with Crippen LogP contribution in [0.25, 0.3) is 21.8 Å². The number of para-hydroxylation sites is 1. The van der Waals surface area contributed by atoms with E-state index in [1.165, 1.54) is 0 Å². The predicted molar refractivity (Wildman–Crippen MR) is 70.8 cm³/mol. The highest BCUT2D eigenvalue weighted by atomic mass is 16.9. The van der Waals surface area contributed by atoms with Crippen molar-refractivity contribution < 1.29 is 9.47 Å². The van der Waals surface area contributed by atoms with Crippen LogP contribution in [0.2, 0.25) is 0 Å². The van der Waals surface area contributed by atoms with E-state index < -0.39 is 6.29 Å². The summed E-state index contributed by atoms with van der Waals surface area (Å²) >= 11 is 0. The number of nitrogens with one attached hydrogen (secondary N) is 2. The van der Waals surface area contributed by atoms with Crippen LogP contribution < -0.4 is 5.56 Å². The molecule has 1 fully saturated rings. The van der Waals surface area contributed by atoms with E-state index in [0.29, 0.717) is 5.52 Å². The van der Waals surface area contributed by atoms with Gasteiger partial charge in [-0.3, -0.25) is 4.79 Å². The zero-order valence-electron chi connectivity index (χ0n) is 10.3. The molecule has 1 aromatic carbocycles. The summed E-state index contributed by atoms with van der Waals surface area (Å²) in [5, 5.41) is 1.86. The van der Waals surface area contributed by atoms with E-state index in [2.05, 4.69) is 9.97 Å². The number of fused-ring (bicyclic) bond motifs is 3. The molecule has 0 bridgehead atoms. The number of rotatable bonds is 1. The van der Waals surface area contributed by atoms with E-state index in [4.69, 9.17) is 9.47 Å². The van der Waals surface area contributed by atoms with E-state index in [1.54, 1.807) is 6.20 Å². The van der Waals surface area contributed by atoms with Gasteiger partial charge in [0.05, 0.1) is 0 Å². The van der Waals surface area contributed by atoms with Crippen molar-refractivity contribution in [1.29, 1.82) is 0 Å². The van der Waals surface area contributed by atoms with E-state index in [0.717, 1.165) is 21.9 Å². The molecule has 0 unspecified atom stereocenters. The smallest absolute Gasteiger partial charge is 0.272 e. The maximum Gasteiger partial charge on any atom is 0.272 e. The fourth-order valence-electron chi connectivity index (χ4n) is 2.59. The monoisotopic (exact) mass is 256 g/mol. The second-order valence-corrected chi connectivity index (χ2v) is 4.67. The van der Waals surface area contributed by atoms with Crippen molar-refractivity contribution in [3.63, 3.8) is 0 Å². The second kappa shape index (κ2) is 3.69. The van der Waals surface area contributed by atoms with Gasteiger partial charge in [0, 0.05) is 28.0 Å². The summed E-state index contributed by atoms with van der Waals surface area (Å²) in [6, 6.07) is 7.71. The van der Waals surface area contributed by atoms with Gasteiger partial charge in [0.2, 0.25) is 0 Å². The third kappa shape index (κ3) is 1.46. The van der Waals surface area contributed by atoms with E-state index in [9.17, 15) is 4.79 Å². The average Bonchev–Trinajstić information content (AvgIpc) is 2.80. The average molecular weight is 256 g/mol. The van der Waals surface area contributed by atoms with Crippen molar-refractivity contribution in [2.24, 2.45) is 0 Å². The van der Waals surface area contributed by atoms with Gasteiger partial charge in [0.15, 0.2) is 12.6 Å². The molecule has 5 heteroatoms. The quantitative estimate of drug-likeness (QED) is 0.702. The predicted octanol–water partition coefficient (Wildman–Crippen LogP) is 2.40. The van der Waals surface area contributed by atoms with Crippen LogP contribution in [0.3, 0.4) is 0 Å². The van der Waals surface area contributed by atoms with Gasteiger partial charge in [-0.1, -0.05) is 18.2 Å². The topological polar surface area (TPSA) is 67.1 Å². The highest BCUT2D eigenvalue weighted by Crippen LogP contribution is 2.37. The molecule has 2 aromatic heterocycles. The summed E-state index contributed by atoms with van der Waals surface area (Å²) in [7, 11) is 0. The normalized spacial score (nSPS) is 22.8. The summed E-state index contributed by atoms with van der Waals surface area (Å²) < 4.78 is 11.1. The third-order valence-electron chi connectivity index (χ3n) is 3.47. The summed E-state index contributed by atoms with van der Waals surface area (Å²) in [6.45, 7) is 1.84. The highest BCUT2D eigenvalue weighted by Gasteiger charge is 2.31. The lowest BCUT2D eigenvalue weighted by Gasteiger charge is -2.33. The number of aromatic nitrogens is 2. The molecular formula is C14H12N2O3. The van der Waals surface area contributed by atoms with E-state index in [1.807, 2.05) is 31.2 Å². The first kappa shape index (κ1) is 10.8. The van der Waals surface area contributed by atoms with Gasteiger partial charge in [-0.05, 0) is 13.0 Å². The number of H-pyrrole nitrogens is 2. The van der Waals surface area contributed by atoms with Crippen LogP contribution in [0.5, 0.6) is 0 Å². The van der Waals surface area contributed by atoms with Crippen LogP contribution in [0.15, 0.2) is 35.3 Å². The Kier molecular flexibility index (Phi) is 2.09. The lowest BCUT2D eigenvalue weighted by atomic mass is 10.1. The van der Waals surface area contributed by atoms with E-state index in [-0.39, 0.29) is 11.8 Å². The first-order valence-corrected chi connectivity index (χ1v) is 6.17. The number of benzene rings is 1. The molecule has 0 spiro atoms. The molecule has 1 aliphatic heterocycles. The van der Waals surface area contributed by atoms with Crippen LogP contribution >= 0.6 is 0 Å². The molecule has 4 rings (SSSR count). The van der Waals surface area contributed by atoms with Gasteiger partial charge in [-0.15, -0.1) is 0 Å². The van der Waals surface area contributed by atoms with Crippen LogP contribution in [0.4, 0.5) is 0 Å². The highest BCUT2D eigenvalue weighted by molar-refractivity contribution is 6.06. The maximum atomic E-state index is 12.0. The summed E-state index contributed by atoms with van der Waals surface area (Å²) in [6.07, 6.45) is 1.19. The molecule has 1 aliphatic rings. The molecule has 2 N–H and O–H groups in total. The molecule has 3 aromatic rings. The Labute approximate surface area is 108 Å². The molecular weight excluding hydrogens is 244 g/mol.